The fourth-order valence-corrected chi connectivity index (χ4v) is 0.358. The smallest absolute Gasteiger partial charge is 0.313 e. The molecular weight excluding hydrogens is 158 g/mol. The van der Waals surface area contributed by atoms with Crippen LogP contribution in [0.25, 0.3) is 0 Å². The van der Waals surface area contributed by atoms with Gasteiger partial charge in [0.2, 0.25) is 5.78 Å². The zero-order valence-electron chi connectivity index (χ0n) is 6.19. The Morgan fingerprint density at radius 1 is 1.45 bits per heavy atom. The van der Waals surface area contributed by atoms with Gasteiger partial charge in [0.25, 0.3) is 0 Å². The van der Waals surface area contributed by atoms with E-state index in [0.717, 1.165) is 7.11 Å². The molecule has 5 heteroatoms. The fourth-order valence-electron chi connectivity index (χ4n) is 0.358. The van der Waals surface area contributed by atoms with E-state index in [1.807, 2.05) is 0 Å². The molecule has 0 saturated carbocycles. The van der Waals surface area contributed by atoms with Crippen molar-refractivity contribution in [3.05, 3.63) is 0 Å². The van der Waals surface area contributed by atoms with E-state index in [-0.39, 0.29) is 0 Å². The van der Waals surface area contributed by atoms with Crippen LogP contribution in [0.2, 0.25) is 0 Å². The summed E-state index contributed by atoms with van der Waals surface area (Å²) in [4.78, 5) is 20.7. The van der Waals surface area contributed by atoms with Crippen LogP contribution in [0.3, 0.4) is 0 Å². The number of hydrogen-bond acceptors (Lipinski definition) is 3. The molecule has 0 atom stereocenters. The molecule has 3 nitrogen and oxygen atoms in total. The van der Waals surface area contributed by atoms with Gasteiger partial charge in [-0.25, -0.2) is 0 Å². The molecule has 0 aromatic rings. The summed E-state index contributed by atoms with van der Waals surface area (Å²) < 4.78 is 28.1. The van der Waals surface area contributed by atoms with E-state index in [1.165, 1.54) is 0 Å². The van der Waals surface area contributed by atoms with Crippen LogP contribution in [0.15, 0.2) is 0 Å². The maximum atomic E-state index is 12.1. The molecule has 0 radical (unpaired) electrons. The SMILES string of the molecule is COC(=O)CC(=O)C(C)(F)F. The Balaban J connectivity index is 3.99. The van der Waals surface area contributed by atoms with Crippen molar-refractivity contribution in [3.63, 3.8) is 0 Å². The predicted octanol–water partition coefficient (Wildman–Crippen LogP) is 0.774. The average molecular weight is 166 g/mol. The van der Waals surface area contributed by atoms with Crippen molar-refractivity contribution < 1.29 is 23.1 Å². The minimum atomic E-state index is -3.45. The number of ketones is 1. The van der Waals surface area contributed by atoms with E-state index in [1.54, 1.807) is 0 Å². The molecule has 0 saturated heterocycles. The lowest BCUT2D eigenvalue weighted by Gasteiger charge is -2.06. The number of ether oxygens (including phenoxy) is 1. The Morgan fingerprint density at radius 2 is 1.91 bits per heavy atom. The van der Waals surface area contributed by atoms with Crippen molar-refractivity contribution in [1.29, 1.82) is 0 Å². The Labute approximate surface area is 62.3 Å². The third kappa shape index (κ3) is 3.64. The van der Waals surface area contributed by atoms with E-state index in [4.69, 9.17) is 0 Å². The summed E-state index contributed by atoms with van der Waals surface area (Å²) in [7, 11) is 1.03. The predicted molar refractivity (Wildman–Crippen MR) is 32.3 cm³/mol. The number of carbonyl (C=O) groups is 2. The van der Waals surface area contributed by atoms with Crippen LogP contribution in [-0.4, -0.2) is 24.8 Å². The molecule has 0 aliphatic rings. The maximum absolute atomic E-state index is 12.1. The first kappa shape index (κ1) is 10.0. The highest BCUT2D eigenvalue weighted by molar-refractivity contribution is 5.99. The van der Waals surface area contributed by atoms with Crippen molar-refractivity contribution in [3.8, 4) is 0 Å². The van der Waals surface area contributed by atoms with Crippen LogP contribution in [0.4, 0.5) is 8.78 Å². The molecule has 0 aromatic carbocycles. The van der Waals surface area contributed by atoms with Crippen LogP contribution in [0.5, 0.6) is 0 Å². The molecule has 11 heavy (non-hydrogen) atoms. The van der Waals surface area contributed by atoms with Gasteiger partial charge in [-0.3, -0.25) is 9.59 Å². The van der Waals surface area contributed by atoms with Gasteiger partial charge in [-0.15, -0.1) is 0 Å². The first-order valence-corrected chi connectivity index (χ1v) is 2.86. The molecule has 0 unspecified atom stereocenters. The Hall–Kier alpha value is -1.00. The molecule has 0 amide bonds. The normalized spacial score (nSPS) is 10.9. The molecule has 0 spiro atoms. The van der Waals surface area contributed by atoms with E-state index >= 15 is 0 Å². The number of Topliss-reactive ketones (excluding diaryl/α,β-unsaturated/α-hetero) is 1. The van der Waals surface area contributed by atoms with E-state index in [0.29, 0.717) is 6.92 Å². The van der Waals surface area contributed by atoms with Crippen molar-refractivity contribution >= 4 is 11.8 Å². The van der Waals surface area contributed by atoms with Crippen LogP contribution in [0, 0.1) is 0 Å². The number of alkyl halides is 2. The van der Waals surface area contributed by atoms with E-state index in [2.05, 4.69) is 4.74 Å². The summed E-state index contributed by atoms with van der Waals surface area (Å²) >= 11 is 0. The van der Waals surface area contributed by atoms with Gasteiger partial charge in [-0.1, -0.05) is 0 Å². The molecule has 0 heterocycles. The molecule has 0 fully saturated rings. The second-order valence-electron chi connectivity index (χ2n) is 2.06. The van der Waals surface area contributed by atoms with Gasteiger partial charge >= 0.3 is 11.9 Å². The van der Waals surface area contributed by atoms with Crippen molar-refractivity contribution in [2.45, 2.75) is 19.3 Å². The summed E-state index contributed by atoms with van der Waals surface area (Å²) in [6.07, 6.45) is -0.875. The van der Waals surface area contributed by atoms with Crippen LogP contribution >= 0.6 is 0 Å². The van der Waals surface area contributed by atoms with Crippen LogP contribution in [0.1, 0.15) is 13.3 Å². The van der Waals surface area contributed by atoms with Gasteiger partial charge in [0.1, 0.15) is 6.42 Å². The van der Waals surface area contributed by atoms with Crippen molar-refractivity contribution in [2.24, 2.45) is 0 Å². The fraction of sp³-hybridized carbons (Fsp3) is 0.667. The van der Waals surface area contributed by atoms with Gasteiger partial charge in [-0.05, 0) is 0 Å². The van der Waals surface area contributed by atoms with Gasteiger partial charge in [0.05, 0.1) is 7.11 Å². The lowest BCUT2D eigenvalue weighted by molar-refractivity contribution is -0.151. The quantitative estimate of drug-likeness (QED) is 0.459. The Morgan fingerprint density at radius 3 is 2.18 bits per heavy atom. The largest absolute Gasteiger partial charge is 0.469 e. The topological polar surface area (TPSA) is 43.4 Å². The van der Waals surface area contributed by atoms with Crippen LogP contribution < -0.4 is 0 Å². The summed E-state index contributed by atoms with van der Waals surface area (Å²) in [5.41, 5.74) is 0. The highest BCUT2D eigenvalue weighted by Crippen LogP contribution is 2.14. The molecule has 0 aromatic heterocycles. The number of esters is 1. The minimum Gasteiger partial charge on any atom is -0.469 e. The standard InChI is InChI=1S/C6H8F2O3/c1-6(7,8)4(9)3-5(10)11-2/h3H2,1-2H3. The lowest BCUT2D eigenvalue weighted by Crippen LogP contribution is -2.27. The van der Waals surface area contributed by atoms with Crippen molar-refractivity contribution in [1.82, 2.24) is 0 Å². The molecule has 64 valence electrons. The number of hydrogen-bond donors (Lipinski definition) is 0. The van der Waals surface area contributed by atoms with Gasteiger partial charge in [-0.2, -0.15) is 8.78 Å². The highest BCUT2D eigenvalue weighted by Gasteiger charge is 2.33. The van der Waals surface area contributed by atoms with Crippen LogP contribution in [-0.2, 0) is 14.3 Å². The average Bonchev–Trinajstić information content (AvgIpc) is 1.85. The third-order valence-electron chi connectivity index (χ3n) is 1.02. The minimum absolute atomic E-state index is 0.443. The first-order chi connectivity index (χ1) is 4.88. The van der Waals surface area contributed by atoms with Gasteiger partial charge in [0, 0.05) is 6.92 Å². The monoisotopic (exact) mass is 166 g/mol. The number of rotatable bonds is 3. The number of methoxy groups -OCH3 is 1. The molecular formula is C6H8F2O3. The molecule has 0 aliphatic heterocycles. The Bertz CT molecular complexity index is 171. The molecule has 0 bridgehead atoms. The summed E-state index contributed by atoms with van der Waals surface area (Å²) in [6.45, 7) is 0.443. The number of halogens is 2. The van der Waals surface area contributed by atoms with Crippen molar-refractivity contribution in [2.75, 3.05) is 7.11 Å². The second-order valence-corrected chi connectivity index (χ2v) is 2.06. The zero-order valence-corrected chi connectivity index (χ0v) is 6.19. The van der Waals surface area contributed by atoms with Gasteiger partial charge in [0.15, 0.2) is 0 Å². The Kier molecular flexibility index (Phi) is 3.10. The van der Waals surface area contributed by atoms with Gasteiger partial charge < -0.3 is 4.74 Å². The summed E-state index contributed by atoms with van der Waals surface area (Å²) in [6, 6.07) is 0. The first-order valence-electron chi connectivity index (χ1n) is 2.86. The number of carbonyl (C=O) groups excluding carboxylic acids is 2. The van der Waals surface area contributed by atoms with E-state index in [9.17, 15) is 18.4 Å². The summed E-state index contributed by atoms with van der Waals surface area (Å²) in [5, 5.41) is 0. The van der Waals surface area contributed by atoms with E-state index < -0.39 is 24.1 Å². The second kappa shape index (κ2) is 3.41. The zero-order chi connectivity index (χ0) is 9.07. The molecule has 0 N–H and O–H groups in total. The highest BCUT2D eigenvalue weighted by atomic mass is 19.3. The summed E-state index contributed by atoms with van der Waals surface area (Å²) in [5.74, 6) is -5.82. The third-order valence-corrected chi connectivity index (χ3v) is 1.02. The lowest BCUT2D eigenvalue weighted by atomic mass is 10.2. The molecule has 0 aliphatic carbocycles. The maximum Gasteiger partial charge on any atom is 0.313 e. The molecule has 0 rings (SSSR count).